The van der Waals surface area contributed by atoms with E-state index in [-0.39, 0.29) is 5.91 Å². The second-order valence-corrected chi connectivity index (χ2v) is 8.49. The number of carbonyl (C=O) groups is 2. The highest BCUT2D eigenvalue weighted by Crippen LogP contribution is 2.29. The molecule has 5 rings (SSSR count). The summed E-state index contributed by atoms with van der Waals surface area (Å²) in [5.41, 5.74) is 2.58. The topological polar surface area (TPSA) is 78.0 Å². The summed E-state index contributed by atoms with van der Waals surface area (Å²) in [4.78, 5) is 32.5. The molecule has 0 radical (unpaired) electrons. The van der Waals surface area contributed by atoms with E-state index in [2.05, 4.69) is 0 Å². The molecule has 1 fully saturated rings. The molecule has 1 saturated heterocycles. The lowest BCUT2D eigenvalue weighted by Crippen LogP contribution is -2.46. The third-order valence-corrected chi connectivity index (χ3v) is 6.23. The van der Waals surface area contributed by atoms with Crippen LogP contribution in [0, 0.1) is 0 Å². The molecule has 3 aromatic carbocycles. The van der Waals surface area contributed by atoms with Crippen LogP contribution in [0.3, 0.4) is 0 Å². The Labute approximate surface area is 203 Å². The summed E-state index contributed by atoms with van der Waals surface area (Å²) in [7, 11) is 1.64. The molecule has 1 aromatic heterocycles. The predicted octanol–water partition coefficient (Wildman–Crippen LogP) is 4.47. The van der Waals surface area contributed by atoms with Crippen LogP contribution in [0.15, 0.2) is 66.7 Å². The average molecular weight is 471 g/mol. The second-order valence-electron chi connectivity index (χ2n) is 8.49. The van der Waals surface area contributed by atoms with E-state index in [0.29, 0.717) is 48.5 Å². The van der Waals surface area contributed by atoms with Gasteiger partial charge in [-0.3, -0.25) is 4.79 Å². The van der Waals surface area contributed by atoms with Gasteiger partial charge in [-0.2, -0.15) is 0 Å². The number of para-hydroxylation sites is 1. The van der Waals surface area contributed by atoms with Gasteiger partial charge in [-0.05, 0) is 48.0 Å². The summed E-state index contributed by atoms with van der Waals surface area (Å²) in [6, 6.07) is 21.1. The van der Waals surface area contributed by atoms with Crippen molar-refractivity contribution >= 4 is 33.6 Å². The number of amides is 1. The number of fused-ring (bicyclic) bond motifs is 2. The molecule has 0 aliphatic carbocycles. The van der Waals surface area contributed by atoms with Crippen LogP contribution in [0.1, 0.15) is 17.3 Å². The Bertz CT molecular complexity index is 1410. The van der Waals surface area contributed by atoms with E-state index in [1.54, 1.807) is 25.0 Å². The maximum atomic E-state index is 13.3. The first-order chi connectivity index (χ1) is 17.0. The highest BCUT2D eigenvalue weighted by atomic mass is 16.5. The van der Waals surface area contributed by atoms with Crippen LogP contribution < -0.4 is 4.74 Å². The highest BCUT2D eigenvalue weighted by Gasteiger charge is 2.26. The lowest BCUT2D eigenvalue weighted by Gasteiger charge is -2.29. The number of aromatic nitrogens is 1. The SMILES string of the molecule is COc1ccc2cc(-c3cc(C(=O)OC(C)C(=O)N4CCOCC4)c4ccccc4n3)ccc2c1. The molecular formula is C28H26N2O5. The maximum absolute atomic E-state index is 13.3. The van der Waals surface area contributed by atoms with E-state index in [9.17, 15) is 9.59 Å². The smallest absolute Gasteiger partial charge is 0.339 e. The molecule has 4 aromatic rings. The fourth-order valence-electron chi connectivity index (χ4n) is 4.32. The monoisotopic (exact) mass is 470 g/mol. The molecule has 1 aliphatic heterocycles. The van der Waals surface area contributed by atoms with Gasteiger partial charge in [0.15, 0.2) is 6.10 Å². The van der Waals surface area contributed by atoms with Gasteiger partial charge in [0, 0.05) is 24.0 Å². The second kappa shape index (κ2) is 9.72. The van der Waals surface area contributed by atoms with Crippen LogP contribution in [-0.4, -0.2) is 61.3 Å². The zero-order valence-corrected chi connectivity index (χ0v) is 19.7. The quantitative estimate of drug-likeness (QED) is 0.401. The number of hydrogen-bond acceptors (Lipinski definition) is 6. The van der Waals surface area contributed by atoms with Gasteiger partial charge in [0.2, 0.25) is 0 Å². The molecule has 1 aliphatic rings. The Morgan fingerprint density at radius 2 is 1.71 bits per heavy atom. The minimum atomic E-state index is -0.897. The first-order valence-electron chi connectivity index (χ1n) is 11.6. The fraction of sp³-hybridized carbons (Fsp3) is 0.250. The molecule has 35 heavy (non-hydrogen) atoms. The van der Waals surface area contributed by atoms with Gasteiger partial charge < -0.3 is 19.1 Å². The lowest BCUT2D eigenvalue weighted by molar-refractivity contribution is -0.143. The van der Waals surface area contributed by atoms with Crippen LogP contribution in [0.5, 0.6) is 5.75 Å². The number of carbonyl (C=O) groups excluding carboxylic acids is 2. The third-order valence-electron chi connectivity index (χ3n) is 6.23. The third kappa shape index (κ3) is 4.68. The average Bonchev–Trinajstić information content (AvgIpc) is 2.91. The van der Waals surface area contributed by atoms with Gasteiger partial charge in [0.05, 0.1) is 37.1 Å². The van der Waals surface area contributed by atoms with Crippen molar-refractivity contribution in [2.24, 2.45) is 0 Å². The van der Waals surface area contributed by atoms with Gasteiger partial charge in [-0.1, -0.05) is 36.4 Å². The van der Waals surface area contributed by atoms with E-state index in [0.717, 1.165) is 22.1 Å². The molecule has 2 heterocycles. The number of esters is 1. The van der Waals surface area contributed by atoms with Crippen molar-refractivity contribution in [2.75, 3.05) is 33.4 Å². The zero-order valence-electron chi connectivity index (χ0n) is 19.7. The molecule has 7 nitrogen and oxygen atoms in total. The van der Waals surface area contributed by atoms with Gasteiger partial charge in [-0.25, -0.2) is 9.78 Å². The molecule has 0 saturated carbocycles. The van der Waals surface area contributed by atoms with Gasteiger partial charge in [0.1, 0.15) is 5.75 Å². The lowest BCUT2D eigenvalue weighted by atomic mass is 10.0. The molecule has 1 atom stereocenters. The summed E-state index contributed by atoms with van der Waals surface area (Å²) in [5.74, 6) is 0.0227. The Morgan fingerprint density at radius 1 is 0.971 bits per heavy atom. The minimum absolute atomic E-state index is 0.217. The van der Waals surface area contributed by atoms with Crippen molar-refractivity contribution in [1.82, 2.24) is 9.88 Å². The van der Waals surface area contributed by atoms with Gasteiger partial charge in [0.25, 0.3) is 5.91 Å². The molecule has 0 N–H and O–H groups in total. The van der Waals surface area contributed by atoms with E-state index < -0.39 is 12.1 Å². The summed E-state index contributed by atoms with van der Waals surface area (Å²) in [6.07, 6.45) is -0.897. The highest BCUT2D eigenvalue weighted by molar-refractivity contribution is 6.05. The van der Waals surface area contributed by atoms with E-state index in [1.165, 1.54) is 0 Å². The van der Waals surface area contributed by atoms with Crippen LogP contribution in [0.2, 0.25) is 0 Å². The summed E-state index contributed by atoms with van der Waals surface area (Å²) in [6.45, 7) is 3.58. The van der Waals surface area contributed by atoms with Crippen LogP contribution >= 0.6 is 0 Å². The first-order valence-corrected chi connectivity index (χ1v) is 11.6. The molecule has 7 heteroatoms. The first kappa shape index (κ1) is 22.8. The molecule has 1 unspecified atom stereocenters. The van der Waals surface area contributed by atoms with E-state index in [1.807, 2.05) is 60.7 Å². The number of nitrogens with zero attached hydrogens (tertiary/aromatic N) is 2. The molecule has 0 bridgehead atoms. The van der Waals surface area contributed by atoms with Crippen molar-refractivity contribution in [2.45, 2.75) is 13.0 Å². The van der Waals surface area contributed by atoms with Crippen molar-refractivity contribution < 1.29 is 23.8 Å². The van der Waals surface area contributed by atoms with Crippen LogP contribution in [0.25, 0.3) is 32.9 Å². The van der Waals surface area contributed by atoms with Crippen molar-refractivity contribution in [3.63, 3.8) is 0 Å². The normalized spacial score (nSPS) is 14.6. The van der Waals surface area contributed by atoms with Crippen molar-refractivity contribution in [1.29, 1.82) is 0 Å². The Kier molecular flexibility index (Phi) is 6.33. The van der Waals surface area contributed by atoms with Gasteiger partial charge >= 0.3 is 5.97 Å². The number of ether oxygens (including phenoxy) is 3. The summed E-state index contributed by atoms with van der Waals surface area (Å²) >= 11 is 0. The summed E-state index contributed by atoms with van der Waals surface area (Å²) in [5, 5.41) is 2.76. The minimum Gasteiger partial charge on any atom is -0.497 e. The van der Waals surface area contributed by atoms with Crippen molar-refractivity contribution in [3.8, 4) is 17.0 Å². The number of pyridine rings is 1. The predicted molar refractivity (Wildman–Crippen MR) is 134 cm³/mol. The Hall–Kier alpha value is -3.97. The zero-order chi connectivity index (χ0) is 24.4. The van der Waals surface area contributed by atoms with Crippen LogP contribution in [0.4, 0.5) is 0 Å². The standard InChI is InChI=1S/C28H26N2O5/c1-18(27(31)30-11-13-34-14-12-30)35-28(32)24-17-26(29-25-6-4-3-5-23(24)25)21-8-7-20-16-22(33-2)10-9-19(20)15-21/h3-10,15-18H,11-14H2,1-2H3. The van der Waals surface area contributed by atoms with E-state index in [4.69, 9.17) is 19.2 Å². The number of methoxy groups -OCH3 is 1. The fourth-order valence-corrected chi connectivity index (χ4v) is 4.32. The molecular weight excluding hydrogens is 444 g/mol. The number of rotatable bonds is 5. The van der Waals surface area contributed by atoms with Crippen LogP contribution in [-0.2, 0) is 14.3 Å². The number of benzene rings is 3. The largest absolute Gasteiger partial charge is 0.497 e. The molecule has 178 valence electrons. The Morgan fingerprint density at radius 3 is 2.51 bits per heavy atom. The van der Waals surface area contributed by atoms with Gasteiger partial charge in [-0.15, -0.1) is 0 Å². The van der Waals surface area contributed by atoms with Crippen molar-refractivity contribution in [3.05, 3.63) is 72.3 Å². The summed E-state index contributed by atoms with van der Waals surface area (Å²) < 4.78 is 16.3. The molecule has 1 amide bonds. The number of morpholine rings is 1. The maximum Gasteiger partial charge on any atom is 0.339 e. The number of hydrogen-bond donors (Lipinski definition) is 0. The van der Waals surface area contributed by atoms with E-state index >= 15 is 0 Å². The Balaban J connectivity index is 1.48. The molecule has 0 spiro atoms.